The summed E-state index contributed by atoms with van der Waals surface area (Å²) in [7, 11) is -3.50. The summed E-state index contributed by atoms with van der Waals surface area (Å²) in [5.74, 6) is -0.0990. The van der Waals surface area contributed by atoms with Crippen molar-refractivity contribution < 1.29 is 13.2 Å². The molecule has 9 heteroatoms. The molecule has 0 saturated carbocycles. The molecule has 3 heterocycles. The first-order valence-corrected chi connectivity index (χ1v) is 12.2. The summed E-state index contributed by atoms with van der Waals surface area (Å²) in [6.45, 7) is 5.20. The summed E-state index contributed by atoms with van der Waals surface area (Å²) >= 11 is 1.28. The van der Waals surface area contributed by atoms with Crippen molar-refractivity contribution in [2.75, 3.05) is 26.2 Å². The minimum absolute atomic E-state index is 0.0990. The summed E-state index contributed by atoms with van der Waals surface area (Å²) in [6.07, 6.45) is 2.29. The Morgan fingerprint density at radius 3 is 2.37 bits per heavy atom. The predicted octanol–water partition coefficient (Wildman–Crippen LogP) is 2.95. The molecule has 1 amide bonds. The zero-order chi connectivity index (χ0) is 21.3. The van der Waals surface area contributed by atoms with Crippen LogP contribution in [0.2, 0.25) is 0 Å². The fourth-order valence-electron chi connectivity index (χ4n) is 3.66. The molecule has 2 aromatic heterocycles. The molecule has 1 fully saturated rings. The van der Waals surface area contributed by atoms with Crippen molar-refractivity contribution in [2.45, 2.75) is 24.5 Å². The van der Waals surface area contributed by atoms with Crippen LogP contribution in [-0.2, 0) is 16.4 Å². The molecule has 0 bridgehead atoms. The number of carbonyl (C=O) groups is 1. The highest BCUT2D eigenvalue weighted by atomic mass is 32.2. The molecule has 1 saturated heterocycles. The molecule has 0 aliphatic carbocycles. The maximum Gasteiger partial charge on any atom is 0.257 e. The quantitative estimate of drug-likeness (QED) is 0.606. The van der Waals surface area contributed by atoms with Gasteiger partial charge in [0.15, 0.2) is 0 Å². The Kier molecular flexibility index (Phi) is 5.77. The summed E-state index contributed by atoms with van der Waals surface area (Å²) in [5, 5.41) is 4.43. The SMILES string of the molecule is CCc1c(C(=O)N2CCN(S(=O)(=O)c3ccc(C)s3)CC2)cnn1-c1ccccc1. The van der Waals surface area contributed by atoms with E-state index in [9.17, 15) is 13.2 Å². The fourth-order valence-corrected chi connectivity index (χ4v) is 6.52. The van der Waals surface area contributed by atoms with Crippen LogP contribution in [0.4, 0.5) is 0 Å². The van der Waals surface area contributed by atoms with Gasteiger partial charge in [0.1, 0.15) is 4.21 Å². The topological polar surface area (TPSA) is 75.5 Å². The first-order valence-electron chi connectivity index (χ1n) is 9.90. The van der Waals surface area contributed by atoms with E-state index in [1.807, 2.05) is 50.2 Å². The van der Waals surface area contributed by atoms with Crippen molar-refractivity contribution in [3.8, 4) is 5.69 Å². The van der Waals surface area contributed by atoms with Crippen LogP contribution < -0.4 is 0 Å². The number of piperazine rings is 1. The van der Waals surface area contributed by atoms with Gasteiger partial charge in [-0.05, 0) is 37.6 Å². The second kappa shape index (κ2) is 8.33. The number of rotatable bonds is 5. The number of benzene rings is 1. The molecule has 0 unspecified atom stereocenters. The van der Waals surface area contributed by atoms with Gasteiger partial charge in [-0.1, -0.05) is 25.1 Å². The molecule has 1 aliphatic heterocycles. The van der Waals surface area contributed by atoms with Crippen molar-refractivity contribution >= 4 is 27.3 Å². The van der Waals surface area contributed by atoms with Crippen LogP contribution in [-0.4, -0.2) is 59.5 Å². The number of aryl methyl sites for hydroxylation is 1. The van der Waals surface area contributed by atoms with E-state index in [4.69, 9.17) is 0 Å². The van der Waals surface area contributed by atoms with Crippen molar-refractivity contribution in [3.63, 3.8) is 0 Å². The molecular formula is C21H24N4O3S2. The lowest BCUT2D eigenvalue weighted by atomic mass is 10.1. The molecule has 0 spiro atoms. The van der Waals surface area contributed by atoms with E-state index >= 15 is 0 Å². The highest BCUT2D eigenvalue weighted by Crippen LogP contribution is 2.26. The number of nitrogens with zero attached hydrogens (tertiary/aromatic N) is 4. The van der Waals surface area contributed by atoms with Crippen LogP contribution in [0.1, 0.15) is 27.9 Å². The smallest absolute Gasteiger partial charge is 0.257 e. The highest BCUT2D eigenvalue weighted by Gasteiger charge is 2.32. The van der Waals surface area contributed by atoms with Gasteiger partial charge in [0.25, 0.3) is 15.9 Å². The first-order chi connectivity index (χ1) is 14.4. The Morgan fingerprint density at radius 1 is 1.07 bits per heavy atom. The molecule has 1 aromatic carbocycles. The van der Waals surface area contributed by atoms with Crippen LogP contribution in [0.25, 0.3) is 5.69 Å². The maximum atomic E-state index is 13.2. The Morgan fingerprint density at radius 2 is 1.77 bits per heavy atom. The Labute approximate surface area is 180 Å². The number of hydrogen-bond donors (Lipinski definition) is 0. The van der Waals surface area contributed by atoms with Gasteiger partial charge in [-0.25, -0.2) is 13.1 Å². The molecular weight excluding hydrogens is 420 g/mol. The van der Waals surface area contributed by atoms with E-state index in [0.717, 1.165) is 16.3 Å². The zero-order valence-corrected chi connectivity index (χ0v) is 18.6. The third-order valence-electron chi connectivity index (χ3n) is 5.27. The largest absolute Gasteiger partial charge is 0.336 e. The predicted molar refractivity (Wildman–Crippen MR) is 117 cm³/mol. The number of thiophene rings is 1. The van der Waals surface area contributed by atoms with Gasteiger partial charge in [0, 0.05) is 31.1 Å². The Hall–Kier alpha value is -2.49. The summed E-state index contributed by atoms with van der Waals surface area (Å²) in [5.41, 5.74) is 2.34. The van der Waals surface area contributed by atoms with Crippen molar-refractivity contribution in [1.82, 2.24) is 19.0 Å². The second-order valence-corrected chi connectivity index (χ2v) is 10.6. The van der Waals surface area contributed by atoms with Gasteiger partial charge >= 0.3 is 0 Å². The fraction of sp³-hybridized carbons (Fsp3) is 0.333. The number of para-hydroxylation sites is 1. The third-order valence-corrected chi connectivity index (χ3v) is 8.64. The molecule has 7 nitrogen and oxygen atoms in total. The normalized spacial score (nSPS) is 15.5. The van der Waals surface area contributed by atoms with Crippen molar-refractivity contribution in [1.29, 1.82) is 0 Å². The van der Waals surface area contributed by atoms with Crippen LogP contribution in [0.15, 0.2) is 52.9 Å². The number of sulfonamides is 1. The minimum Gasteiger partial charge on any atom is -0.336 e. The molecule has 30 heavy (non-hydrogen) atoms. The molecule has 3 aromatic rings. The number of hydrogen-bond acceptors (Lipinski definition) is 5. The van der Waals surface area contributed by atoms with Gasteiger partial charge in [0.2, 0.25) is 0 Å². The molecule has 0 atom stereocenters. The molecule has 1 aliphatic rings. The van der Waals surface area contributed by atoms with Gasteiger partial charge in [-0.2, -0.15) is 9.40 Å². The van der Waals surface area contributed by atoms with Crippen LogP contribution in [0.3, 0.4) is 0 Å². The highest BCUT2D eigenvalue weighted by molar-refractivity contribution is 7.91. The third kappa shape index (κ3) is 3.80. The summed E-state index contributed by atoms with van der Waals surface area (Å²) < 4.78 is 29.3. The van der Waals surface area contributed by atoms with Crippen molar-refractivity contribution in [3.05, 3.63) is 64.8 Å². The van der Waals surface area contributed by atoms with Crippen LogP contribution in [0, 0.1) is 6.92 Å². The second-order valence-electron chi connectivity index (χ2n) is 7.17. The molecule has 4 rings (SSSR count). The van der Waals surface area contributed by atoms with Crippen LogP contribution in [0.5, 0.6) is 0 Å². The average Bonchev–Trinajstić information content (AvgIpc) is 3.40. The lowest BCUT2D eigenvalue weighted by Crippen LogP contribution is -2.50. The van der Waals surface area contributed by atoms with Gasteiger partial charge in [-0.3, -0.25) is 4.79 Å². The average molecular weight is 445 g/mol. The van der Waals surface area contributed by atoms with E-state index in [-0.39, 0.29) is 5.91 Å². The van der Waals surface area contributed by atoms with Crippen LogP contribution >= 0.6 is 11.3 Å². The maximum absolute atomic E-state index is 13.2. The molecule has 0 N–H and O–H groups in total. The zero-order valence-electron chi connectivity index (χ0n) is 17.0. The first kappa shape index (κ1) is 20.8. The lowest BCUT2D eigenvalue weighted by Gasteiger charge is -2.33. The number of aromatic nitrogens is 2. The van der Waals surface area contributed by atoms with E-state index < -0.39 is 10.0 Å². The van der Waals surface area contributed by atoms with Gasteiger partial charge < -0.3 is 4.90 Å². The van der Waals surface area contributed by atoms with Gasteiger partial charge in [-0.15, -0.1) is 11.3 Å². The standard InChI is InChI=1S/C21H24N4O3S2/c1-3-19-18(15-22-25(19)17-7-5-4-6-8-17)21(26)23-11-13-24(14-12-23)30(27,28)20-10-9-16(2)29-20/h4-10,15H,3,11-14H2,1-2H3. The Bertz CT molecular complexity index is 1140. The van der Waals surface area contributed by atoms with E-state index in [0.29, 0.717) is 42.4 Å². The monoisotopic (exact) mass is 444 g/mol. The molecule has 158 valence electrons. The number of carbonyl (C=O) groups excluding carboxylic acids is 1. The van der Waals surface area contributed by atoms with Crippen molar-refractivity contribution in [2.24, 2.45) is 0 Å². The van der Waals surface area contributed by atoms with E-state index in [1.54, 1.807) is 21.8 Å². The lowest BCUT2D eigenvalue weighted by molar-refractivity contribution is 0.0697. The van der Waals surface area contributed by atoms with E-state index in [1.165, 1.54) is 15.6 Å². The minimum atomic E-state index is -3.50. The Balaban J connectivity index is 1.49. The molecule has 0 radical (unpaired) electrons. The number of amides is 1. The van der Waals surface area contributed by atoms with Gasteiger partial charge in [0.05, 0.1) is 23.1 Å². The van der Waals surface area contributed by atoms with E-state index in [2.05, 4.69) is 5.10 Å². The summed E-state index contributed by atoms with van der Waals surface area (Å²) in [4.78, 5) is 15.8. The summed E-state index contributed by atoms with van der Waals surface area (Å²) in [6, 6.07) is 13.2.